The topological polar surface area (TPSA) is 79.9 Å². The van der Waals surface area contributed by atoms with Crippen molar-refractivity contribution < 1.29 is 19.1 Å². The first-order chi connectivity index (χ1) is 13.7. The summed E-state index contributed by atoms with van der Waals surface area (Å²) in [4.78, 5) is 27.2. The van der Waals surface area contributed by atoms with Gasteiger partial charge in [0.05, 0.1) is 19.1 Å². The molecule has 0 unspecified atom stereocenters. The second kappa shape index (κ2) is 8.94. The summed E-state index contributed by atoms with van der Waals surface area (Å²) in [5.41, 5.74) is 0.652. The lowest BCUT2D eigenvalue weighted by atomic mass is 9.96. The third-order valence-electron chi connectivity index (χ3n) is 5.39. The molecule has 2 heterocycles. The Bertz CT molecular complexity index is 723. The van der Waals surface area contributed by atoms with Gasteiger partial charge >= 0.3 is 6.03 Å². The van der Waals surface area contributed by atoms with E-state index in [0.717, 1.165) is 32.1 Å². The molecule has 7 nitrogen and oxygen atoms in total. The highest BCUT2D eigenvalue weighted by molar-refractivity contribution is 7.99. The zero-order valence-corrected chi connectivity index (χ0v) is 16.8. The van der Waals surface area contributed by atoms with Crippen molar-refractivity contribution in [2.45, 2.75) is 50.6 Å². The second-order valence-electron chi connectivity index (χ2n) is 7.47. The lowest BCUT2D eigenvalue weighted by Crippen LogP contribution is -2.51. The van der Waals surface area contributed by atoms with Crippen LogP contribution < -0.4 is 20.1 Å². The summed E-state index contributed by atoms with van der Waals surface area (Å²) < 4.78 is 11.3. The maximum atomic E-state index is 12.8. The van der Waals surface area contributed by atoms with Crippen LogP contribution in [0.5, 0.6) is 11.5 Å². The molecule has 152 valence electrons. The number of amides is 3. The predicted octanol–water partition coefficient (Wildman–Crippen LogP) is 3.20. The number of hydrogen-bond acceptors (Lipinski definition) is 5. The number of carbonyl (C=O) groups is 2. The fraction of sp³-hybridized carbons (Fsp3) is 0.600. The Morgan fingerprint density at radius 1 is 1.04 bits per heavy atom. The predicted molar refractivity (Wildman–Crippen MR) is 109 cm³/mol. The van der Waals surface area contributed by atoms with Crippen molar-refractivity contribution in [1.29, 1.82) is 0 Å². The van der Waals surface area contributed by atoms with E-state index in [2.05, 4.69) is 10.6 Å². The third kappa shape index (κ3) is 4.48. The van der Waals surface area contributed by atoms with Crippen molar-refractivity contribution in [2.24, 2.45) is 0 Å². The van der Waals surface area contributed by atoms with Gasteiger partial charge in [0.25, 0.3) is 0 Å². The van der Waals surface area contributed by atoms with Crippen LogP contribution >= 0.6 is 11.8 Å². The van der Waals surface area contributed by atoms with Gasteiger partial charge in [0.1, 0.15) is 6.04 Å². The first-order valence-corrected chi connectivity index (χ1v) is 11.2. The number of fused-ring (bicyclic) bond motifs is 1. The molecule has 28 heavy (non-hydrogen) atoms. The van der Waals surface area contributed by atoms with Crippen LogP contribution in [0.4, 0.5) is 10.5 Å². The molecule has 1 aromatic carbocycles. The molecule has 1 aromatic rings. The number of thioether (sulfide) groups is 1. The lowest BCUT2D eigenvalue weighted by molar-refractivity contribution is -0.119. The number of carbonyl (C=O) groups excluding carboxylic acids is 2. The molecule has 0 spiro atoms. The number of nitrogens with one attached hydrogen (secondary N) is 2. The summed E-state index contributed by atoms with van der Waals surface area (Å²) >= 11 is 1.60. The summed E-state index contributed by atoms with van der Waals surface area (Å²) in [6.07, 6.45) is 6.45. The number of ether oxygens (including phenoxy) is 2. The second-order valence-corrected chi connectivity index (χ2v) is 8.47. The van der Waals surface area contributed by atoms with Crippen LogP contribution in [-0.4, -0.2) is 53.8 Å². The third-order valence-corrected chi connectivity index (χ3v) is 6.41. The van der Waals surface area contributed by atoms with Gasteiger partial charge in [0, 0.05) is 30.0 Å². The summed E-state index contributed by atoms with van der Waals surface area (Å²) in [5.74, 6) is 2.31. The average Bonchev–Trinajstić information content (AvgIpc) is 3.09. The van der Waals surface area contributed by atoms with Gasteiger partial charge in [-0.3, -0.25) is 4.79 Å². The number of urea groups is 1. The van der Waals surface area contributed by atoms with Crippen LogP contribution in [0.1, 0.15) is 38.5 Å². The molecule has 0 bridgehead atoms. The SMILES string of the molecule is O=C(Nc1ccc2c(c1)OCCCO2)[C@@H]1CSCN1C(=O)NC1CCCCC1. The van der Waals surface area contributed by atoms with E-state index in [-0.39, 0.29) is 18.0 Å². The van der Waals surface area contributed by atoms with Crippen molar-refractivity contribution in [3.8, 4) is 11.5 Å². The van der Waals surface area contributed by atoms with E-state index >= 15 is 0 Å². The maximum Gasteiger partial charge on any atom is 0.319 e. The minimum Gasteiger partial charge on any atom is -0.490 e. The molecule has 1 saturated carbocycles. The fourth-order valence-electron chi connectivity index (χ4n) is 3.83. The molecule has 1 saturated heterocycles. The molecule has 0 radical (unpaired) electrons. The van der Waals surface area contributed by atoms with E-state index in [4.69, 9.17) is 9.47 Å². The first-order valence-electron chi connectivity index (χ1n) is 10.1. The molecule has 2 aliphatic heterocycles. The van der Waals surface area contributed by atoms with E-state index in [1.54, 1.807) is 28.8 Å². The van der Waals surface area contributed by atoms with Gasteiger partial charge in [0.15, 0.2) is 11.5 Å². The Hall–Kier alpha value is -2.09. The molecule has 0 aromatic heterocycles. The van der Waals surface area contributed by atoms with Crippen LogP contribution in [0.2, 0.25) is 0 Å². The lowest BCUT2D eigenvalue weighted by Gasteiger charge is -2.28. The van der Waals surface area contributed by atoms with Crippen molar-refractivity contribution in [1.82, 2.24) is 10.2 Å². The van der Waals surface area contributed by atoms with Crippen LogP contribution in [0.3, 0.4) is 0 Å². The highest BCUT2D eigenvalue weighted by Gasteiger charge is 2.35. The van der Waals surface area contributed by atoms with Gasteiger partial charge in [-0.05, 0) is 25.0 Å². The molecular weight excluding hydrogens is 378 g/mol. The zero-order valence-electron chi connectivity index (χ0n) is 15.9. The van der Waals surface area contributed by atoms with Gasteiger partial charge in [-0.25, -0.2) is 4.79 Å². The molecule has 1 atom stereocenters. The smallest absolute Gasteiger partial charge is 0.319 e. The normalized spacial score (nSPS) is 22.4. The van der Waals surface area contributed by atoms with E-state index in [1.165, 1.54) is 6.42 Å². The van der Waals surface area contributed by atoms with E-state index in [0.29, 0.717) is 42.0 Å². The quantitative estimate of drug-likeness (QED) is 0.807. The van der Waals surface area contributed by atoms with E-state index < -0.39 is 6.04 Å². The van der Waals surface area contributed by atoms with Crippen molar-refractivity contribution >= 4 is 29.4 Å². The fourth-order valence-corrected chi connectivity index (χ4v) is 4.98. The molecule has 3 aliphatic rings. The van der Waals surface area contributed by atoms with Crippen LogP contribution in [-0.2, 0) is 4.79 Å². The van der Waals surface area contributed by atoms with Gasteiger partial charge < -0.3 is 25.0 Å². The number of hydrogen-bond donors (Lipinski definition) is 2. The van der Waals surface area contributed by atoms with E-state index in [9.17, 15) is 9.59 Å². The number of benzene rings is 1. The minimum absolute atomic E-state index is 0.129. The first kappa shape index (κ1) is 19.2. The van der Waals surface area contributed by atoms with Crippen LogP contribution in [0, 0.1) is 0 Å². The van der Waals surface area contributed by atoms with Gasteiger partial charge in [-0.2, -0.15) is 0 Å². The van der Waals surface area contributed by atoms with Crippen molar-refractivity contribution in [3.63, 3.8) is 0 Å². The Labute approximate surface area is 169 Å². The van der Waals surface area contributed by atoms with Gasteiger partial charge in [-0.15, -0.1) is 11.8 Å². The standard InChI is InChI=1S/C20H27N3O4S/c24-19(21-15-7-8-17-18(11-15)27-10-4-9-26-17)16-12-28-13-23(16)20(25)22-14-5-2-1-3-6-14/h7-8,11,14,16H,1-6,9-10,12-13H2,(H,21,24)(H,22,25)/t16-/m0/s1. The van der Waals surface area contributed by atoms with Crippen LogP contribution in [0.15, 0.2) is 18.2 Å². The van der Waals surface area contributed by atoms with Crippen LogP contribution in [0.25, 0.3) is 0 Å². The number of rotatable bonds is 3. The maximum absolute atomic E-state index is 12.8. The summed E-state index contributed by atoms with van der Waals surface area (Å²) in [5, 5.41) is 6.05. The Kier molecular flexibility index (Phi) is 6.14. The Morgan fingerprint density at radius 2 is 1.82 bits per heavy atom. The molecular formula is C20H27N3O4S. The average molecular weight is 406 g/mol. The summed E-state index contributed by atoms with van der Waals surface area (Å²) in [6.45, 7) is 1.22. The molecule has 2 fully saturated rings. The van der Waals surface area contributed by atoms with Gasteiger partial charge in [0.2, 0.25) is 5.91 Å². The van der Waals surface area contributed by atoms with Gasteiger partial charge in [-0.1, -0.05) is 19.3 Å². The van der Waals surface area contributed by atoms with Crippen molar-refractivity contribution in [2.75, 3.05) is 30.2 Å². The molecule has 1 aliphatic carbocycles. The minimum atomic E-state index is -0.468. The van der Waals surface area contributed by atoms with E-state index in [1.807, 2.05) is 6.07 Å². The molecule has 4 rings (SSSR count). The zero-order chi connectivity index (χ0) is 19.3. The highest BCUT2D eigenvalue weighted by Crippen LogP contribution is 2.32. The summed E-state index contributed by atoms with van der Waals surface area (Å²) in [6, 6.07) is 5.04. The number of nitrogens with zero attached hydrogens (tertiary/aromatic N) is 1. The summed E-state index contributed by atoms with van der Waals surface area (Å²) in [7, 11) is 0. The van der Waals surface area contributed by atoms with Crippen molar-refractivity contribution in [3.05, 3.63) is 18.2 Å². The Balaban J connectivity index is 1.38. The molecule has 8 heteroatoms. The molecule has 2 N–H and O–H groups in total. The monoisotopic (exact) mass is 405 g/mol. The highest BCUT2D eigenvalue weighted by atomic mass is 32.2. The Morgan fingerprint density at radius 3 is 2.64 bits per heavy atom. The molecule has 3 amide bonds. The largest absolute Gasteiger partial charge is 0.490 e. The number of anilines is 1.